The zero-order valence-corrected chi connectivity index (χ0v) is 7.28. The van der Waals surface area contributed by atoms with Gasteiger partial charge in [-0.05, 0) is 18.2 Å². The van der Waals surface area contributed by atoms with Crippen molar-refractivity contribution in [1.29, 1.82) is 0 Å². The van der Waals surface area contributed by atoms with Gasteiger partial charge in [0.05, 0.1) is 7.11 Å². The van der Waals surface area contributed by atoms with Crippen LogP contribution in [0.3, 0.4) is 0 Å². The van der Waals surface area contributed by atoms with Gasteiger partial charge in [0.15, 0.2) is 0 Å². The van der Waals surface area contributed by atoms with Crippen LogP contribution in [0.15, 0.2) is 24.0 Å². The summed E-state index contributed by atoms with van der Waals surface area (Å²) in [5.74, 6) is 0.660. The fraction of sp³-hybridized carbons (Fsp3) is 0.500. The van der Waals surface area contributed by atoms with Crippen LogP contribution in [0.1, 0.15) is 0 Å². The van der Waals surface area contributed by atoms with Crippen molar-refractivity contribution in [2.24, 2.45) is 11.5 Å². The van der Waals surface area contributed by atoms with E-state index in [0.717, 1.165) is 0 Å². The summed E-state index contributed by atoms with van der Waals surface area (Å²) < 4.78 is 10.0. The Hall–Kier alpha value is -0.840. The first-order chi connectivity index (χ1) is 5.60. The number of methoxy groups -OCH3 is 2. The Bertz CT molecular complexity index is 221. The van der Waals surface area contributed by atoms with Gasteiger partial charge in [-0.15, -0.1) is 0 Å². The highest BCUT2D eigenvalue weighted by Crippen LogP contribution is 2.17. The molecule has 1 aliphatic rings. The minimum absolute atomic E-state index is 0.295. The van der Waals surface area contributed by atoms with E-state index in [9.17, 15) is 0 Å². The minimum Gasteiger partial charge on any atom is -0.497 e. The third kappa shape index (κ3) is 1.66. The van der Waals surface area contributed by atoms with Crippen molar-refractivity contribution < 1.29 is 9.47 Å². The van der Waals surface area contributed by atoms with Crippen LogP contribution in [0.5, 0.6) is 0 Å². The van der Waals surface area contributed by atoms with E-state index in [1.807, 2.05) is 0 Å². The second-order valence-corrected chi connectivity index (χ2v) is 2.77. The van der Waals surface area contributed by atoms with E-state index in [1.165, 1.54) is 0 Å². The second kappa shape index (κ2) is 3.26. The second-order valence-electron chi connectivity index (χ2n) is 2.77. The van der Waals surface area contributed by atoms with Crippen LogP contribution in [-0.2, 0) is 9.47 Å². The fourth-order valence-electron chi connectivity index (χ4n) is 1.14. The van der Waals surface area contributed by atoms with E-state index in [-0.39, 0.29) is 6.10 Å². The maximum Gasteiger partial charge on any atom is 0.117 e. The molecule has 0 spiro atoms. The number of allylic oxidation sites excluding steroid dienone is 1. The maximum atomic E-state index is 5.74. The van der Waals surface area contributed by atoms with Crippen LogP contribution in [-0.4, -0.2) is 26.0 Å². The summed E-state index contributed by atoms with van der Waals surface area (Å²) in [7, 11) is 3.13. The number of hydrogen-bond acceptors (Lipinski definition) is 4. The molecule has 0 saturated carbocycles. The van der Waals surface area contributed by atoms with Gasteiger partial charge in [-0.1, -0.05) is 0 Å². The lowest BCUT2D eigenvalue weighted by molar-refractivity contribution is 0.0885. The van der Waals surface area contributed by atoms with E-state index < -0.39 is 5.66 Å². The molecule has 4 N–H and O–H groups in total. The molecule has 1 unspecified atom stereocenters. The molecule has 0 amide bonds. The number of rotatable bonds is 2. The molecule has 0 aromatic heterocycles. The zero-order valence-electron chi connectivity index (χ0n) is 7.28. The van der Waals surface area contributed by atoms with E-state index in [2.05, 4.69) is 0 Å². The normalized spacial score (nSPS) is 26.7. The van der Waals surface area contributed by atoms with Crippen molar-refractivity contribution in [2.75, 3.05) is 14.2 Å². The summed E-state index contributed by atoms with van der Waals surface area (Å²) in [6.07, 6.45) is 4.91. The van der Waals surface area contributed by atoms with Gasteiger partial charge in [-0.25, -0.2) is 0 Å². The smallest absolute Gasteiger partial charge is 0.117 e. The lowest BCUT2D eigenvalue weighted by Crippen LogP contribution is -2.58. The number of ether oxygens (including phenoxy) is 2. The Morgan fingerprint density at radius 3 is 2.50 bits per heavy atom. The molecule has 1 aliphatic carbocycles. The van der Waals surface area contributed by atoms with Crippen molar-refractivity contribution in [3.63, 3.8) is 0 Å². The van der Waals surface area contributed by atoms with Crippen molar-refractivity contribution in [1.82, 2.24) is 0 Å². The summed E-state index contributed by atoms with van der Waals surface area (Å²) in [4.78, 5) is 0. The molecule has 0 bridgehead atoms. The first kappa shape index (κ1) is 9.25. The van der Waals surface area contributed by atoms with E-state index in [0.29, 0.717) is 5.76 Å². The molecule has 4 nitrogen and oxygen atoms in total. The van der Waals surface area contributed by atoms with Gasteiger partial charge < -0.3 is 20.9 Å². The summed E-state index contributed by atoms with van der Waals surface area (Å²) in [5.41, 5.74) is 10.5. The molecule has 0 aliphatic heterocycles. The first-order valence-corrected chi connectivity index (χ1v) is 3.66. The molecule has 68 valence electrons. The van der Waals surface area contributed by atoms with Gasteiger partial charge in [0.1, 0.15) is 17.5 Å². The summed E-state index contributed by atoms with van der Waals surface area (Å²) in [6, 6.07) is 0. The topological polar surface area (TPSA) is 70.5 Å². The van der Waals surface area contributed by atoms with Crippen molar-refractivity contribution >= 4 is 0 Å². The van der Waals surface area contributed by atoms with Gasteiger partial charge >= 0.3 is 0 Å². The van der Waals surface area contributed by atoms with E-state index in [4.69, 9.17) is 20.9 Å². The van der Waals surface area contributed by atoms with Gasteiger partial charge in [0.25, 0.3) is 0 Å². The largest absolute Gasteiger partial charge is 0.497 e. The molecule has 0 fully saturated rings. The molecule has 4 heteroatoms. The molecule has 0 radical (unpaired) electrons. The Kier molecular flexibility index (Phi) is 2.52. The Morgan fingerprint density at radius 1 is 1.42 bits per heavy atom. The predicted molar refractivity (Wildman–Crippen MR) is 46.1 cm³/mol. The van der Waals surface area contributed by atoms with Gasteiger partial charge in [-0.3, -0.25) is 0 Å². The number of nitrogens with two attached hydrogens (primary N) is 2. The third-order valence-corrected chi connectivity index (χ3v) is 1.81. The fourth-order valence-corrected chi connectivity index (χ4v) is 1.14. The highest BCUT2D eigenvalue weighted by atomic mass is 16.5. The molecule has 1 atom stereocenters. The quantitative estimate of drug-likeness (QED) is 0.559. The SMILES string of the molecule is COC1=CC(N)(N)C(OC)C=C1. The molecule has 12 heavy (non-hydrogen) atoms. The van der Waals surface area contributed by atoms with Gasteiger partial charge in [-0.2, -0.15) is 0 Å². The summed E-state index contributed by atoms with van der Waals surface area (Å²) >= 11 is 0. The Morgan fingerprint density at radius 2 is 2.08 bits per heavy atom. The highest BCUT2D eigenvalue weighted by molar-refractivity contribution is 5.28. The van der Waals surface area contributed by atoms with Crippen LogP contribution in [0.25, 0.3) is 0 Å². The van der Waals surface area contributed by atoms with Crippen LogP contribution in [0, 0.1) is 0 Å². The lowest BCUT2D eigenvalue weighted by atomic mass is 9.99. The van der Waals surface area contributed by atoms with Crippen molar-refractivity contribution in [3.8, 4) is 0 Å². The van der Waals surface area contributed by atoms with Crippen molar-refractivity contribution in [2.45, 2.75) is 11.8 Å². The van der Waals surface area contributed by atoms with Crippen LogP contribution < -0.4 is 11.5 Å². The molecule has 0 aromatic carbocycles. The molecule has 0 aromatic rings. The molecule has 0 saturated heterocycles. The highest BCUT2D eigenvalue weighted by Gasteiger charge is 2.30. The number of hydrogen-bond donors (Lipinski definition) is 2. The van der Waals surface area contributed by atoms with Gasteiger partial charge in [0.2, 0.25) is 0 Å². The standard InChI is InChI=1S/C8H14N2O2/c1-11-6-3-4-7(12-2)8(9,10)5-6/h3-5,7H,9-10H2,1-2H3. The van der Waals surface area contributed by atoms with E-state index >= 15 is 0 Å². The first-order valence-electron chi connectivity index (χ1n) is 3.66. The summed E-state index contributed by atoms with van der Waals surface area (Å²) in [6.45, 7) is 0. The predicted octanol–water partition coefficient (Wildman–Crippen LogP) is -0.285. The Balaban J connectivity index is 2.83. The third-order valence-electron chi connectivity index (χ3n) is 1.81. The minimum atomic E-state index is -0.977. The average molecular weight is 170 g/mol. The molecular weight excluding hydrogens is 156 g/mol. The zero-order chi connectivity index (χ0) is 9.19. The molecule has 1 rings (SSSR count). The van der Waals surface area contributed by atoms with Crippen LogP contribution in [0.2, 0.25) is 0 Å². The maximum absolute atomic E-state index is 5.74. The lowest BCUT2D eigenvalue weighted by Gasteiger charge is -2.30. The van der Waals surface area contributed by atoms with Crippen LogP contribution in [0.4, 0.5) is 0 Å². The van der Waals surface area contributed by atoms with Crippen LogP contribution >= 0.6 is 0 Å². The molecular formula is C8H14N2O2. The average Bonchev–Trinajstić information content (AvgIpc) is 2.02. The summed E-state index contributed by atoms with van der Waals surface area (Å²) in [5, 5.41) is 0. The van der Waals surface area contributed by atoms with Gasteiger partial charge in [0, 0.05) is 7.11 Å². The monoisotopic (exact) mass is 170 g/mol. The Labute approximate surface area is 71.8 Å². The molecule has 0 heterocycles. The van der Waals surface area contributed by atoms with E-state index in [1.54, 1.807) is 32.4 Å². The van der Waals surface area contributed by atoms with Crippen molar-refractivity contribution in [3.05, 3.63) is 24.0 Å².